The molecule has 0 aliphatic carbocycles. The molecule has 0 aliphatic rings. The molecule has 0 fully saturated rings. The number of ether oxygens (including phenoxy) is 1. The predicted octanol–water partition coefficient (Wildman–Crippen LogP) is 5.06. The molecule has 5 heteroatoms. The van der Waals surface area contributed by atoms with Crippen LogP contribution in [0.15, 0.2) is 78.9 Å². The Kier molecular flexibility index (Phi) is 8.69. The summed E-state index contributed by atoms with van der Waals surface area (Å²) < 4.78 is 5.87. The molecule has 0 aliphatic heterocycles. The Labute approximate surface area is 209 Å². The van der Waals surface area contributed by atoms with Crippen molar-refractivity contribution in [2.75, 3.05) is 13.7 Å². The first-order valence-corrected chi connectivity index (χ1v) is 12.0. The van der Waals surface area contributed by atoms with Gasteiger partial charge in [-0.25, -0.2) is 0 Å². The van der Waals surface area contributed by atoms with Crippen molar-refractivity contribution < 1.29 is 14.3 Å². The number of aryl methyl sites for hydroxylation is 1. The van der Waals surface area contributed by atoms with Crippen molar-refractivity contribution in [3.63, 3.8) is 0 Å². The molecule has 0 unspecified atom stereocenters. The number of rotatable bonds is 9. The van der Waals surface area contributed by atoms with Crippen LogP contribution in [0.1, 0.15) is 43.0 Å². The topological polar surface area (TPSA) is 58.6 Å². The van der Waals surface area contributed by atoms with Crippen molar-refractivity contribution in [1.82, 2.24) is 10.2 Å². The second kappa shape index (κ2) is 11.7. The molecule has 5 nitrogen and oxygen atoms in total. The molecule has 0 aromatic heterocycles. The fraction of sp³-hybridized carbons (Fsp3) is 0.333. The van der Waals surface area contributed by atoms with Gasteiger partial charge in [0.25, 0.3) is 5.91 Å². The van der Waals surface area contributed by atoms with E-state index in [9.17, 15) is 9.59 Å². The van der Waals surface area contributed by atoms with E-state index in [2.05, 4.69) is 26.1 Å². The van der Waals surface area contributed by atoms with E-state index in [0.29, 0.717) is 18.7 Å². The molecule has 3 aromatic rings. The average Bonchev–Trinajstić information content (AvgIpc) is 2.84. The molecule has 1 N–H and O–H groups in total. The summed E-state index contributed by atoms with van der Waals surface area (Å²) in [4.78, 5) is 28.1. The Bertz CT molecular complexity index is 1120. The third-order valence-electron chi connectivity index (χ3n) is 6.04. The Morgan fingerprint density at radius 1 is 0.914 bits per heavy atom. The molecule has 0 spiro atoms. The fourth-order valence-corrected chi connectivity index (χ4v) is 4.01. The molecule has 0 bridgehead atoms. The number of nitrogens with one attached hydrogen (secondary N) is 1. The molecule has 0 heterocycles. The average molecular weight is 473 g/mol. The minimum atomic E-state index is -0.665. The molecular weight excluding hydrogens is 436 g/mol. The maximum absolute atomic E-state index is 13.5. The maximum Gasteiger partial charge on any atom is 0.261 e. The molecule has 1 atom stereocenters. The number of carbonyl (C=O) groups excluding carboxylic acids is 2. The normalized spacial score (nSPS) is 12.0. The highest BCUT2D eigenvalue weighted by Gasteiger charge is 2.30. The van der Waals surface area contributed by atoms with Crippen molar-refractivity contribution >= 4 is 11.8 Å². The van der Waals surface area contributed by atoms with E-state index >= 15 is 0 Å². The van der Waals surface area contributed by atoms with Crippen LogP contribution in [0.4, 0.5) is 0 Å². The monoisotopic (exact) mass is 472 g/mol. The molecule has 184 valence electrons. The van der Waals surface area contributed by atoms with Gasteiger partial charge in [-0.05, 0) is 41.2 Å². The van der Waals surface area contributed by atoms with E-state index in [4.69, 9.17) is 4.74 Å². The number of amides is 2. The van der Waals surface area contributed by atoms with Crippen LogP contribution in [0.3, 0.4) is 0 Å². The first kappa shape index (κ1) is 26.0. The Morgan fingerprint density at radius 2 is 1.57 bits per heavy atom. The molecule has 0 saturated carbocycles. The van der Waals surface area contributed by atoms with Crippen molar-refractivity contribution in [3.05, 3.63) is 101 Å². The maximum atomic E-state index is 13.5. The number of hydrogen-bond acceptors (Lipinski definition) is 3. The third kappa shape index (κ3) is 7.44. The predicted molar refractivity (Wildman–Crippen MR) is 140 cm³/mol. The molecule has 3 aromatic carbocycles. The highest BCUT2D eigenvalue weighted by molar-refractivity contribution is 5.88. The van der Waals surface area contributed by atoms with Gasteiger partial charge in [-0.15, -0.1) is 0 Å². The Morgan fingerprint density at radius 3 is 2.17 bits per heavy atom. The first-order valence-electron chi connectivity index (χ1n) is 12.0. The summed E-state index contributed by atoms with van der Waals surface area (Å²) in [6.45, 7) is 8.64. The largest absolute Gasteiger partial charge is 0.484 e. The van der Waals surface area contributed by atoms with Gasteiger partial charge in [-0.2, -0.15) is 0 Å². The van der Waals surface area contributed by atoms with Gasteiger partial charge in [0.1, 0.15) is 11.8 Å². The highest BCUT2D eigenvalue weighted by Crippen LogP contribution is 2.24. The van der Waals surface area contributed by atoms with E-state index in [0.717, 1.165) is 16.7 Å². The molecular formula is C30H36N2O3. The van der Waals surface area contributed by atoms with Crippen LogP contribution in [0, 0.1) is 6.92 Å². The first-order chi connectivity index (χ1) is 16.7. The SMILES string of the molecule is CNC(=O)[C@H](Cc1ccccc1)N(Cc1cccc(C)c1)C(=O)COc1ccc(C(C)(C)C)cc1. The van der Waals surface area contributed by atoms with Crippen LogP contribution in [0.2, 0.25) is 0 Å². The van der Waals surface area contributed by atoms with Crippen LogP contribution >= 0.6 is 0 Å². The molecule has 35 heavy (non-hydrogen) atoms. The lowest BCUT2D eigenvalue weighted by molar-refractivity contribution is -0.142. The van der Waals surface area contributed by atoms with Gasteiger partial charge >= 0.3 is 0 Å². The van der Waals surface area contributed by atoms with Gasteiger partial charge in [-0.3, -0.25) is 9.59 Å². The highest BCUT2D eigenvalue weighted by atomic mass is 16.5. The summed E-state index contributed by atoms with van der Waals surface area (Å²) in [5.74, 6) is 0.182. The van der Waals surface area contributed by atoms with Crippen molar-refractivity contribution in [2.45, 2.75) is 52.1 Å². The smallest absolute Gasteiger partial charge is 0.261 e. The fourth-order valence-electron chi connectivity index (χ4n) is 4.01. The second-order valence-electron chi connectivity index (χ2n) is 9.89. The van der Waals surface area contributed by atoms with E-state index < -0.39 is 6.04 Å². The minimum absolute atomic E-state index is 0.0388. The second-order valence-corrected chi connectivity index (χ2v) is 9.89. The van der Waals surface area contributed by atoms with E-state index in [-0.39, 0.29) is 23.8 Å². The molecule has 2 amide bonds. The van der Waals surface area contributed by atoms with Gasteiger partial charge in [0, 0.05) is 20.0 Å². The quantitative estimate of drug-likeness (QED) is 0.474. The van der Waals surface area contributed by atoms with Crippen molar-refractivity contribution in [2.24, 2.45) is 0 Å². The summed E-state index contributed by atoms with van der Waals surface area (Å²) in [7, 11) is 1.60. The zero-order valence-electron chi connectivity index (χ0n) is 21.4. The summed E-state index contributed by atoms with van der Waals surface area (Å²) in [5.41, 5.74) is 4.29. The zero-order valence-corrected chi connectivity index (χ0v) is 21.4. The van der Waals surface area contributed by atoms with Crippen LogP contribution in [0.5, 0.6) is 5.75 Å². The zero-order chi connectivity index (χ0) is 25.4. The molecule has 3 rings (SSSR count). The molecule has 0 radical (unpaired) electrons. The van der Waals surface area contributed by atoms with Crippen LogP contribution in [-0.2, 0) is 28.0 Å². The van der Waals surface area contributed by atoms with Gasteiger partial charge in [0.05, 0.1) is 0 Å². The number of likely N-dealkylation sites (N-methyl/N-ethyl adjacent to an activating group) is 1. The number of carbonyl (C=O) groups is 2. The minimum Gasteiger partial charge on any atom is -0.484 e. The number of hydrogen-bond donors (Lipinski definition) is 1. The lowest BCUT2D eigenvalue weighted by atomic mass is 9.87. The van der Waals surface area contributed by atoms with Gasteiger partial charge in [0.2, 0.25) is 5.91 Å². The molecule has 0 saturated heterocycles. The summed E-state index contributed by atoms with van der Waals surface area (Å²) >= 11 is 0. The van der Waals surface area contributed by atoms with E-state index in [1.54, 1.807) is 11.9 Å². The lowest BCUT2D eigenvalue weighted by Gasteiger charge is -2.31. The van der Waals surface area contributed by atoms with Crippen molar-refractivity contribution in [3.8, 4) is 5.75 Å². The van der Waals surface area contributed by atoms with Crippen LogP contribution in [0.25, 0.3) is 0 Å². The summed E-state index contributed by atoms with van der Waals surface area (Å²) in [6, 6.07) is 24.9. The number of nitrogens with zero attached hydrogens (tertiary/aromatic N) is 1. The van der Waals surface area contributed by atoms with Crippen LogP contribution in [-0.4, -0.2) is 36.4 Å². The third-order valence-corrected chi connectivity index (χ3v) is 6.04. The van der Waals surface area contributed by atoms with E-state index in [1.165, 1.54) is 5.56 Å². The van der Waals surface area contributed by atoms with Gasteiger partial charge in [-0.1, -0.05) is 93.1 Å². The Hall–Kier alpha value is -3.60. The van der Waals surface area contributed by atoms with Gasteiger partial charge < -0.3 is 15.0 Å². The van der Waals surface area contributed by atoms with Crippen molar-refractivity contribution in [1.29, 1.82) is 0 Å². The lowest BCUT2D eigenvalue weighted by Crippen LogP contribution is -2.51. The van der Waals surface area contributed by atoms with Gasteiger partial charge in [0.15, 0.2) is 6.61 Å². The van der Waals surface area contributed by atoms with Crippen LogP contribution < -0.4 is 10.1 Å². The Balaban J connectivity index is 1.84. The summed E-state index contributed by atoms with van der Waals surface area (Å²) in [5, 5.41) is 2.74. The van der Waals surface area contributed by atoms with E-state index in [1.807, 2.05) is 85.8 Å². The summed E-state index contributed by atoms with van der Waals surface area (Å²) in [6.07, 6.45) is 0.415. The number of benzene rings is 3. The standard InChI is InChI=1S/C30H36N2O3/c1-22-10-9-13-24(18-22)20-32(27(29(34)31-5)19-23-11-7-6-8-12-23)28(33)21-35-26-16-14-25(15-17-26)30(2,3)4/h6-18,27H,19-21H2,1-5H3,(H,31,34)/t27-/m0/s1.